The lowest BCUT2D eigenvalue weighted by atomic mass is 10.1. The van der Waals surface area contributed by atoms with Crippen LogP contribution in [0, 0.1) is 13.8 Å². The van der Waals surface area contributed by atoms with Gasteiger partial charge < -0.3 is 25.3 Å². The second-order valence-corrected chi connectivity index (χ2v) is 12.1. The lowest BCUT2D eigenvalue weighted by Gasteiger charge is -2.26. The molecular formula is C33H39N11O2. The van der Waals surface area contributed by atoms with Crippen LogP contribution in [-0.2, 0) is 11.8 Å². The Kier molecular flexibility index (Phi) is 8.22. The standard InChI is InChI=1S/C33H39N11O2/c1-21-17-36-32(38-27-16-22(2)42(3)41-27)40-30(21)25-18-35-31-24(25)8-7-9-26(31)37-28(45)20-43-15-11-23(19-43)46-29-10-12-34-33(39-29)44-13-5-4-6-14-44/h7-10,12,16-18,23,35H,4-6,11,13-15,19-20H2,1-3H3,(H,37,45)(H,36,38,40,41)/t23-/m0/s1. The zero-order valence-corrected chi connectivity index (χ0v) is 26.5. The van der Waals surface area contributed by atoms with Crippen LogP contribution in [0.2, 0.25) is 0 Å². The van der Waals surface area contributed by atoms with Crippen LogP contribution in [0.25, 0.3) is 22.2 Å². The molecule has 0 unspecified atom stereocenters. The van der Waals surface area contributed by atoms with Crippen LogP contribution in [-0.4, -0.2) is 84.3 Å². The van der Waals surface area contributed by atoms with E-state index in [9.17, 15) is 4.79 Å². The number of hydrogen-bond donors (Lipinski definition) is 3. The monoisotopic (exact) mass is 621 g/mol. The van der Waals surface area contributed by atoms with E-state index in [2.05, 4.69) is 45.5 Å². The van der Waals surface area contributed by atoms with E-state index in [1.807, 2.05) is 57.4 Å². The first-order chi connectivity index (χ1) is 22.4. The Bertz CT molecular complexity index is 1840. The van der Waals surface area contributed by atoms with Crippen molar-refractivity contribution in [2.24, 2.45) is 7.05 Å². The van der Waals surface area contributed by atoms with E-state index in [1.165, 1.54) is 19.3 Å². The molecule has 238 valence electrons. The average Bonchev–Trinajstić information content (AvgIpc) is 3.77. The molecule has 0 saturated carbocycles. The van der Waals surface area contributed by atoms with Crippen LogP contribution in [0.4, 0.5) is 23.4 Å². The van der Waals surface area contributed by atoms with Gasteiger partial charge in [-0.25, -0.2) is 15.0 Å². The van der Waals surface area contributed by atoms with Crippen LogP contribution in [0.15, 0.2) is 48.9 Å². The number of nitrogens with one attached hydrogen (secondary N) is 3. The van der Waals surface area contributed by atoms with Crippen LogP contribution in [0.1, 0.15) is 36.9 Å². The van der Waals surface area contributed by atoms with Crippen LogP contribution in [0.5, 0.6) is 5.88 Å². The molecule has 2 fully saturated rings. The SMILES string of the molecule is Cc1cnc(Nc2cc(C)n(C)n2)nc1-c1c[nH]c2c(NC(=O)CN3CC[C@H](Oc4ccnc(N5CCCCC5)n4)C3)cccc12. The first kappa shape index (κ1) is 29.7. The Labute approximate surface area is 267 Å². The van der Waals surface area contributed by atoms with E-state index in [0.717, 1.165) is 71.1 Å². The quantitative estimate of drug-likeness (QED) is 0.214. The van der Waals surface area contributed by atoms with E-state index in [-0.39, 0.29) is 18.6 Å². The maximum Gasteiger partial charge on any atom is 0.238 e. The molecule has 0 aliphatic carbocycles. The molecule has 2 aliphatic rings. The number of nitrogens with zero attached hydrogens (tertiary/aromatic N) is 8. The lowest BCUT2D eigenvalue weighted by Crippen LogP contribution is -2.33. The number of aryl methyl sites for hydroxylation is 3. The predicted octanol–water partition coefficient (Wildman–Crippen LogP) is 4.59. The summed E-state index contributed by atoms with van der Waals surface area (Å²) in [4.78, 5) is 39.3. The molecule has 7 rings (SSSR count). The van der Waals surface area contributed by atoms with Crippen molar-refractivity contribution < 1.29 is 9.53 Å². The van der Waals surface area contributed by atoms with Gasteiger partial charge in [0, 0.05) is 80.6 Å². The van der Waals surface area contributed by atoms with Gasteiger partial charge in [0.1, 0.15) is 6.10 Å². The number of carbonyl (C=O) groups is 1. The summed E-state index contributed by atoms with van der Waals surface area (Å²) >= 11 is 0. The number of fused-ring (bicyclic) bond motifs is 1. The molecule has 6 heterocycles. The number of para-hydroxylation sites is 1. The van der Waals surface area contributed by atoms with Crippen molar-refractivity contribution in [3.8, 4) is 17.1 Å². The molecule has 5 aromatic rings. The predicted molar refractivity (Wildman–Crippen MR) is 177 cm³/mol. The summed E-state index contributed by atoms with van der Waals surface area (Å²) in [6.07, 6.45) is 9.90. The summed E-state index contributed by atoms with van der Waals surface area (Å²) in [7, 11) is 1.90. The van der Waals surface area contributed by atoms with Gasteiger partial charge in [0.15, 0.2) is 5.82 Å². The van der Waals surface area contributed by atoms with Crippen molar-refractivity contribution >= 4 is 40.2 Å². The Morgan fingerprint density at radius 2 is 1.96 bits per heavy atom. The van der Waals surface area contributed by atoms with Gasteiger partial charge >= 0.3 is 0 Å². The zero-order chi connectivity index (χ0) is 31.6. The number of benzene rings is 1. The number of amides is 1. The largest absolute Gasteiger partial charge is 0.473 e. The molecule has 3 N–H and O–H groups in total. The summed E-state index contributed by atoms with van der Waals surface area (Å²) < 4.78 is 8.02. The molecule has 1 aromatic carbocycles. The second-order valence-electron chi connectivity index (χ2n) is 12.1. The maximum absolute atomic E-state index is 13.2. The smallest absolute Gasteiger partial charge is 0.238 e. The lowest BCUT2D eigenvalue weighted by molar-refractivity contribution is -0.117. The molecule has 13 nitrogen and oxygen atoms in total. The van der Waals surface area contributed by atoms with Gasteiger partial charge in [-0.3, -0.25) is 14.4 Å². The van der Waals surface area contributed by atoms with E-state index in [0.29, 0.717) is 24.2 Å². The summed E-state index contributed by atoms with van der Waals surface area (Å²) in [6, 6.07) is 9.65. The average molecular weight is 622 g/mol. The van der Waals surface area contributed by atoms with Crippen molar-refractivity contribution in [2.75, 3.05) is 48.3 Å². The van der Waals surface area contributed by atoms with Crippen molar-refractivity contribution in [2.45, 2.75) is 45.6 Å². The third-order valence-electron chi connectivity index (χ3n) is 8.71. The van der Waals surface area contributed by atoms with Crippen LogP contribution in [0.3, 0.4) is 0 Å². The Hall–Kier alpha value is -5.04. The molecular weight excluding hydrogens is 582 g/mol. The molecule has 0 radical (unpaired) electrons. The zero-order valence-electron chi connectivity index (χ0n) is 26.5. The van der Waals surface area contributed by atoms with Gasteiger partial charge in [-0.05, 0) is 51.2 Å². The van der Waals surface area contributed by atoms with E-state index in [1.54, 1.807) is 17.1 Å². The molecule has 46 heavy (non-hydrogen) atoms. The molecule has 4 aromatic heterocycles. The van der Waals surface area contributed by atoms with Crippen molar-refractivity contribution in [1.82, 2.24) is 39.6 Å². The fourth-order valence-corrected chi connectivity index (χ4v) is 6.21. The number of ether oxygens (including phenoxy) is 1. The highest BCUT2D eigenvalue weighted by Gasteiger charge is 2.27. The number of hydrogen-bond acceptors (Lipinski definition) is 10. The second kappa shape index (κ2) is 12.8. The molecule has 2 aliphatic heterocycles. The summed E-state index contributed by atoms with van der Waals surface area (Å²) in [6.45, 7) is 7.66. The third-order valence-corrected chi connectivity index (χ3v) is 8.71. The minimum absolute atomic E-state index is 0.0246. The van der Waals surface area contributed by atoms with E-state index < -0.39 is 0 Å². The molecule has 2 saturated heterocycles. The van der Waals surface area contributed by atoms with Gasteiger partial charge in [-0.15, -0.1) is 0 Å². The molecule has 1 amide bonds. The minimum atomic E-state index is -0.0749. The number of likely N-dealkylation sites (tertiary alicyclic amines) is 1. The first-order valence-electron chi connectivity index (χ1n) is 15.9. The maximum atomic E-state index is 13.2. The highest BCUT2D eigenvalue weighted by molar-refractivity contribution is 6.06. The van der Waals surface area contributed by atoms with Crippen molar-refractivity contribution in [3.63, 3.8) is 0 Å². The number of H-pyrrole nitrogens is 1. The Morgan fingerprint density at radius 1 is 1.09 bits per heavy atom. The van der Waals surface area contributed by atoms with Crippen LogP contribution >= 0.6 is 0 Å². The number of aromatic amines is 1. The number of carbonyl (C=O) groups excluding carboxylic acids is 1. The van der Waals surface area contributed by atoms with Gasteiger partial charge in [0.05, 0.1) is 23.4 Å². The number of piperidine rings is 1. The summed E-state index contributed by atoms with van der Waals surface area (Å²) in [5.74, 6) is 2.40. The summed E-state index contributed by atoms with van der Waals surface area (Å²) in [5.41, 5.74) is 5.26. The highest BCUT2D eigenvalue weighted by atomic mass is 16.5. The molecule has 0 spiro atoms. The van der Waals surface area contributed by atoms with Gasteiger partial charge in [-0.1, -0.05) is 12.1 Å². The van der Waals surface area contributed by atoms with Crippen LogP contribution < -0.4 is 20.3 Å². The normalized spacial score (nSPS) is 17.0. The highest BCUT2D eigenvalue weighted by Crippen LogP contribution is 2.33. The summed E-state index contributed by atoms with van der Waals surface area (Å²) in [5, 5.41) is 11.7. The molecule has 0 bridgehead atoms. The molecule has 13 heteroatoms. The van der Waals surface area contributed by atoms with E-state index in [4.69, 9.17) is 9.72 Å². The number of anilines is 4. The van der Waals surface area contributed by atoms with Crippen molar-refractivity contribution in [3.05, 3.63) is 60.2 Å². The fraction of sp³-hybridized carbons (Fsp3) is 0.394. The first-order valence-corrected chi connectivity index (χ1v) is 15.9. The number of aromatic nitrogens is 7. The van der Waals surface area contributed by atoms with E-state index >= 15 is 0 Å². The van der Waals surface area contributed by atoms with Gasteiger partial charge in [0.25, 0.3) is 0 Å². The third kappa shape index (κ3) is 6.36. The Morgan fingerprint density at radius 3 is 2.78 bits per heavy atom. The Balaban J connectivity index is 0.991. The fourth-order valence-electron chi connectivity index (χ4n) is 6.21. The number of rotatable bonds is 9. The topological polar surface area (TPSA) is 142 Å². The van der Waals surface area contributed by atoms with Gasteiger partial charge in [-0.2, -0.15) is 10.1 Å². The van der Waals surface area contributed by atoms with Crippen molar-refractivity contribution in [1.29, 1.82) is 0 Å². The molecule has 1 atom stereocenters. The minimum Gasteiger partial charge on any atom is -0.473 e. The van der Waals surface area contributed by atoms with Gasteiger partial charge in [0.2, 0.25) is 23.7 Å².